The molecule has 5 nitrogen and oxygen atoms in total. The number of hydrogen-bond acceptors (Lipinski definition) is 5. The largest absolute Gasteiger partial charge is 0.382 e. The predicted octanol–water partition coefficient (Wildman–Crippen LogP) is 3.83. The van der Waals surface area contributed by atoms with Crippen molar-refractivity contribution >= 4 is 61.4 Å². The van der Waals surface area contributed by atoms with Crippen LogP contribution >= 0.6 is 38.9 Å². The smallest absolute Gasteiger partial charge is 0.269 e. The number of nitrogens with zero attached hydrogens (tertiary/aromatic N) is 1. The van der Waals surface area contributed by atoms with E-state index in [1.165, 1.54) is 11.3 Å². The van der Waals surface area contributed by atoms with E-state index in [2.05, 4.69) is 31.5 Å². The number of amides is 1. The molecule has 0 bridgehead atoms. The summed E-state index contributed by atoms with van der Waals surface area (Å²) in [7, 11) is 0. The fourth-order valence-electron chi connectivity index (χ4n) is 1.48. The summed E-state index contributed by atoms with van der Waals surface area (Å²) in [6.45, 7) is 2.66. The van der Waals surface area contributed by atoms with Crippen LogP contribution in [-0.2, 0) is 0 Å². The molecule has 0 saturated carbocycles. The number of nitrogens with one attached hydrogen (secondary N) is 2. The van der Waals surface area contributed by atoms with Crippen molar-refractivity contribution in [3.63, 3.8) is 0 Å². The van der Waals surface area contributed by atoms with E-state index in [4.69, 9.17) is 17.3 Å². The number of hydrogen-bond donors (Lipinski definition) is 3. The minimum Gasteiger partial charge on any atom is -0.382 e. The molecule has 1 aromatic carbocycles. The van der Waals surface area contributed by atoms with Crippen molar-refractivity contribution in [2.45, 2.75) is 6.92 Å². The van der Waals surface area contributed by atoms with Crippen molar-refractivity contribution in [3.05, 3.63) is 32.6 Å². The van der Waals surface area contributed by atoms with Crippen molar-refractivity contribution in [1.82, 2.24) is 4.98 Å². The number of thiazole rings is 1. The molecule has 0 aliphatic carbocycles. The Morgan fingerprint density at radius 2 is 2.30 bits per heavy atom. The second-order valence-corrected chi connectivity index (χ2v) is 6.11. The summed E-state index contributed by atoms with van der Waals surface area (Å²) in [5.74, 6) is -0.0887. The second-order valence-electron chi connectivity index (χ2n) is 3.85. The van der Waals surface area contributed by atoms with Gasteiger partial charge in [-0.25, -0.2) is 4.98 Å². The fourth-order valence-corrected chi connectivity index (χ4v) is 2.76. The van der Waals surface area contributed by atoms with Crippen LogP contribution in [0.3, 0.4) is 0 Å². The first kappa shape index (κ1) is 15.1. The van der Waals surface area contributed by atoms with E-state index in [9.17, 15) is 4.79 Å². The molecule has 1 amide bonds. The Bertz CT molecular complexity index is 646. The summed E-state index contributed by atoms with van der Waals surface area (Å²) in [5, 5.41) is 6.92. The molecule has 0 unspecified atom stereocenters. The van der Waals surface area contributed by atoms with E-state index in [0.29, 0.717) is 20.7 Å². The minimum absolute atomic E-state index is 0.214. The number of rotatable bonds is 4. The number of nitrogens with two attached hydrogens (primary N) is 1. The molecular formula is C12H12BrClN4OS. The van der Waals surface area contributed by atoms with Crippen LogP contribution < -0.4 is 16.4 Å². The average Bonchev–Trinajstić information content (AvgIpc) is 2.75. The third-order valence-corrected chi connectivity index (χ3v) is 4.63. The van der Waals surface area contributed by atoms with Crippen LogP contribution in [0.2, 0.25) is 5.02 Å². The lowest BCUT2D eigenvalue weighted by atomic mass is 10.3. The Morgan fingerprint density at radius 3 is 2.95 bits per heavy atom. The van der Waals surface area contributed by atoms with E-state index >= 15 is 0 Å². The molecule has 0 aliphatic rings. The molecule has 1 aromatic heterocycles. The molecule has 0 saturated heterocycles. The monoisotopic (exact) mass is 374 g/mol. The number of nitrogen functional groups attached to an aromatic ring is 1. The maximum atomic E-state index is 12.1. The highest BCUT2D eigenvalue weighted by atomic mass is 79.9. The first-order valence-electron chi connectivity index (χ1n) is 5.77. The predicted molar refractivity (Wildman–Crippen MR) is 87.8 cm³/mol. The van der Waals surface area contributed by atoms with E-state index in [-0.39, 0.29) is 11.7 Å². The molecule has 0 spiro atoms. The van der Waals surface area contributed by atoms with Gasteiger partial charge >= 0.3 is 0 Å². The minimum atomic E-state index is -0.303. The van der Waals surface area contributed by atoms with Crippen LogP contribution in [0.5, 0.6) is 0 Å². The molecule has 20 heavy (non-hydrogen) atoms. The molecule has 4 N–H and O–H groups in total. The van der Waals surface area contributed by atoms with Gasteiger partial charge in [0.15, 0.2) is 5.13 Å². The molecule has 0 atom stereocenters. The third kappa shape index (κ3) is 3.41. The first-order valence-corrected chi connectivity index (χ1v) is 7.76. The zero-order chi connectivity index (χ0) is 14.7. The average molecular weight is 376 g/mol. The molecular weight excluding hydrogens is 364 g/mol. The summed E-state index contributed by atoms with van der Waals surface area (Å²) in [5.41, 5.74) is 6.34. The van der Waals surface area contributed by atoms with Crippen LogP contribution in [0, 0.1) is 0 Å². The summed E-state index contributed by atoms with van der Waals surface area (Å²) in [4.78, 5) is 16.6. The zero-order valence-electron chi connectivity index (χ0n) is 10.5. The van der Waals surface area contributed by atoms with E-state index in [0.717, 1.165) is 11.0 Å². The van der Waals surface area contributed by atoms with Crippen molar-refractivity contribution in [2.24, 2.45) is 0 Å². The van der Waals surface area contributed by atoms with Crippen LogP contribution in [0.25, 0.3) is 0 Å². The Hall–Kier alpha value is -1.31. The van der Waals surface area contributed by atoms with Crippen LogP contribution in [-0.4, -0.2) is 17.4 Å². The Morgan fingerprint density at radius 1 is 1.55 bits per heavy atom. The van der Waals surface area contributed by atoms with Crippen molar-refractivity contribution in [2.75, 3.05) is 22.9 Å². The normalized spacial score (nSPS) is 10.3. The molecule has 0 fully saturated rings. The number of benzene rings is 1. The number of carbonyl (C=O) groups excluding carboxylic acids is 1. The van der Waals surface area contributed by atoms with E-state index in [1.54, 1.807) is 18.2 Å². The van der Waals surface area contributed by atoms with Gasteiger partial charge in [-0.2, -0.15) is 0 Å². The number of halogens is 2. The summed E-state index contributed by atoms with van der Waals surface area (Å²) >= 11 is 10.5. The third-order valence-electron chi connectivity index (χ3n) is 2.37. The Balaban J connectivity index is 2.17. The zero-order valence-corrected chi connectivity index (χ0v) is 13.7. The van der Waals surface area contributed by atoms with Crippen molar-refractivity contribution < 1.29 is 4.79 Å². The van der Waals surface area contributed by atoms with Crippen molar-refractivity contribution in [3.8, 4) is 0 Å². The standard InChI is InChI=1S/C12H12BrClN4OS/c1-2-16-12-18-10(15)9(20-12)11(19)17-6-3-4-7(13)8(14)5-6/h3-5H,2,15H2,1H3,(H,16,18)(H,17,19). The lowest BCUT2D eigenvalue weighted by molar-refractivity contribution is 0.103. The van der Waals surface area contributed by atoms with Crippen LogP contribution in [0.1, 0.15) is 16.6 Å². The van der Waals surface area contributed by atoms with Gasteiger partial charge in [0.05, 0.1) is 5.02 Å². The molecule has 0 aliphatic heterocycles. The molecule has 1 heterocycles. The van der Waals surface area contributed by atoms with Gasteiger partial charge in [0, 0.05) is 16.7 Å². The lowest BCUT2D eigenvalue weighted by Gasteiger charge is -2.05. The molecule has 2 aromatic rings. The Kier molecular flexibility index (Phi) is 4.85. The van der Waals surface area contributed by atoms with Crippen LogP contribution in [0.4, 0.5) is 16.6 Å². The highest BCUT2D eigenvalue weighted by Gasteiger charge is 2.16. The summed E-state index contributed by atoms with van der Waals surface area (Å²) in [6, 6.07) is 5.17. The molecule has 2 rings (SSSR count). The fraction of sp³-hybridized carbons (Fsp3) is 0.167. The van der Waals surface area contributed by atoms with Gasteiger partial charge in [-0.05, 0) is 41.1 Å². The summed E-state index contributed by atoms with van der Waals surface area (Å²) in [6.07, 6.45) is 0. The molecule has 106 valence electrons. The highest BCUT2D eigenvalue weighted by molar-refractivity contribution is 9.10. The van der Waals surface area contributed by atoms with E-state index < -0.39 is 0 Å². The quantitative estimate of drug-likeness (QED) is 0.759. The maximum absolute atomic E-state index is 12.1. The van der Waals surface area contributed by atoms with Gasteiger partial charge in [0.1, 0.15) is 10.7 Å². The number of carbonyl (C=O) groups is 1. The molecule has 0 radical (unpaired) electrons. The SMILES string of the molecule is CCNc1nc(N)c(C(=O)Nc2ccc(Br)c(Cl)c2)s1. The summed E-state index contributed by atoms with van der Waals surface area (Å²) < 4.78 is 0.768. The topological polar surface area (TPSA) is 80.0 Å². The highest BCUT2D eigenvalue weighted by Crippen LogP contribution is 2.28. The molecule has 8 heteroatoms. The van der Waals surface area contributed by atoms with Crippen LogP contribution in [0.15, 0.2) is 22.7 Å². The maximum Gasteiger partial charge on any atom is 0.269 e. The number of aromatic nitrogens is 1. The lowest BCUT2D eigenvalue weighted by Crippen LogP contribution is -2.12. The Labute approximate surface area is 133 Å². The van der Waals surface area contributed by atoms with Gasteiger partial charge in [-0.1, -0.05) is 22.9 Å². The van der Waals surface area contributed by atoms with Gasteiger partial charge in [0.2, 0.25) is 0 Å². The number of anilines is 3. The second kappa shape index (κ2) is 6.43. The van der Waals surface area contributed by atoms with Gasteiger partial charge in [-0.15, -0.1) is 0 Å². The van der Waals surface area contributed by atoms with Gasteiger partial charge in [0.25, 0.3) is 5.91 Å². The van der Waals surface area contributed by atoms with E-state index in [1.807, 2.05) is 6.92 Å². The first-order chi connectivity index (χ1) is 9.51. The van der Waals surface area contributed by atoms with Crippen molar-refractivity contribution in [1.29, 1.82) is 0 Å². The van der Waals surface area contributed by atoms with Gasteiger partial charge < -0.3 is 16.4 Å². The van der Waals surface area contributed by atoms with Gasteiger partial charge in [-0.3, -0.25) is 4.79 Å².